The van der Waals surface area contributed by atoms with Gasteiger partial charge in [-0.15, -0.1) is 0 Å². The van der Waals surface area contributed by atoms with Crippen molar-refractivity contribution < 1.29 is 4.52 Å². The molecule has 0 bridgehead atoms. The minimum atomic E-state index is -0.576. The summed E-state index contributed by atoms with van der Waals surface area (Å²) in [5, 5.41) is 13.3. The molecule has 0 N–H and O–H groups in total. The first kappa shape index (κ1) is 14.0. The van der Waals surface area contributed by atoms with E-state index in [1.54, 1.807) is 24.5 Å². The molecule has 0 aliphatic heterocycles. The number of nitriles is 1. The van der Waals surface area contributed by atoms with Crippen LogP contribution in [0.1, 0.15) is 11.1 Å². The van der Waals surface area contributed by atoms with Gasteiger partial charge in [-0.3, -0.25) is 14.1 Å². The highest BCUT2D eigenvalue weighted by Crippen LogP contribution is 2.21. The summed E-state index contributed by atoms with van der Waals surface area (Å²) in [4.78, 5) is 16.1. The van der Waals surface area contributed by atoms with E-state index in [9.17, 15) is 10.1 Å². The van der Waals surface area contributed by atoms with Crippen LogP contribution in [0.2, 0.25) is 0 Å². The van der Waals surface area contributed by atoms with E-state index in [-0.39, 0.29) is 6.54 Å². The molecule has 0 aromatic carbocycles. The van der Waals surface area contributed by atoms with E-state index in [0.717, 1.165) is 11.1 Å². The van der Waals surface area contributed by atoms with Crippen molar-refractivity contribution in [3.05, 3.63) is 76.8 Å². The maximum atomic E-state index is 12.1. The molecule has 7 heteroatoms. The molecule has 0 fully saturated rings. The molecule has 0 spiro atoms. The summed E-state index contributed by atoms with van der Waals surface area (Å²) in [5.41, 5.74) is 2.72. The van der Waals surface area contributed by atoms with Crippen molar-refractivity contribution in [1.29, 1.82) is 5.26 Å². The Morgan fingerprint density at radius 1 is 1.25 bits per heavy atom. The zero-order valence-corrected chi connectivity index (χ0v) is 12.5. The number of hydrogen-bond donors (Lipinski definition) is 0. The Balaban J connectivity index is 1.84. The van der Waals surface area contributed by atoms with Gasteiger partial charge in [0.05, 0.1) is 17.6 Å². The lowest BCUT2D eigenvalue weighted by Crippen LogP contribution is -2.16. The van der Waals surface area contributed by atoms with E-state index in [0.29, 0.717) is 17.0 Å². The van der Waals surface area contributed by atoms with Crippen LogP contribution >= 0.6 is 0 Å². The van der Waals surface area contributed by atoms with Crippen LogP contribution in [-0.2, 0) is 6.54 Å². The van der Waals surface area contributed by atoms with Gasteiger partial charge >= 0.3 is 5.76 Å². The van der Waals surface area contributed by atoms with Crippen LogP contribution in [0.3, 0.4) is 0 Å². The molecule has 0 atom stereocenters. The molecule has 4 aromatic heterocycles. The van der Waals surface area contributed by atoms with Crippen molar-refractivity contribution in [2.45, 2.75) is 6.54 Å². The van der Waals surface area contributed by atoms with Crippen LogP contribution < -0.4 is 5.76 Å². The van der Waals surface area contributed by atoms with Gasteiger partial charge in [0.2, 0.25) is 0 Å². The number of hydrogen-bond acceptors (Lipinski definition) is 5. The van der Waals surface area contributed by atoms with Crippen molar-refractivity contribution >= 4 is 5.52 Å². The van der Waals surface area contributed by atoms with Crippen molar-refractivity contribution in [3.63, 3.8) is 0 Å². The second kappa shape index (κ2) is 5.52. The van der Waals surface area contributed by atoms with Gasteiger partial charge in [-0.2, -0.15) is 5.26 Å². The first-order chi connectivity index (χ1) is 11.8. The van der Waals surface area contributed by atoms with E-state index in [4.69, 9.17) is 4.52 Å². The number of pyridine rings is 2. The molecule has 0 amide bonds. The van der Waals surface area contributed by atoms with Gasteiger partial charge in [0.15, 0.2) is 5.82 Å². The Bertz CT molecular complexity index is 1120. The van der Waals surface area contributed by atoms with E-state index < -0.39 is 5.76 Å². The molecule has 4 heterocycles. The molecule has 4 aromatic rings. The lowest BCUT2D eigenvalue weighted by Gasteiger charge is -2.03. The molecule has 116 valence electrons. The molecule has 0 unspecified atom stereocenters. The average Bonchev–Trinajstić information content (AvgIpc) is 3.16. The molecule has 0 aliphatic rings. The third-order valence-corrected chi connectivity index (χ3v) is 3.81. The minimum Gasteiger partial charge on any atom is -0.322 e. The van der Waals surface area contributed by atoms with Crippen LogP contribution in [-0.4, -0.2) is 19.1 Å². The average molecular weight is 317 g/mol. The monoisotopic (exact) mass is 317 g/mol. The first-order valence-corrected chi connectivity index (χ1v) is 7.23. The highest BCUT2D eigenvalue weighted by Gasteiger charge is 2.17. The topological polar surface area (TPSA) is 89.1 Å². The Morgan fingerprint density at radius 2 is 2.17 bits per heavy atom. The molecule has 0 saturated heterocycles. The van der Waals surface area contributed by atoms with Crippen LogP contribution in [0.25, 0.3) is 16.9 Å². The predicted molar refractivity (Wildman–Crippen MR) is 85.2 cm³/mol. The van der Waals surface area contributed by atoms with Crippen LogP contribution in [0.15, 0.2) is 64.4 Å². The summed E-state index contributed by atoms with van der Waals surface area (Å²) in [6, 6.07) is 11.4. The maximum Gasteiger partial charge on any atom is 0.442 e. The van der Waals surface area contributed by atoms with Gasteiger partial charge < -0.3 is 4.40 Å². The molecule has 0 aliphatic carbocycles. The molecule has 7 nitrogen and oxygen atoms in total. The summed E-state index contributed by atoms with van der Waals surface area (Å²) >= 11 is 0. The first-order valence-electron chi connectivity index (χ1n) is 7.23. The molecule has 24 heavy (non-hydrogen) atoms. The van der Waals surface area contributed by atoms with Gasteiger partial charge in [-0.05, 0) is 24.3 Å². The van der Waals surface area contributed by atoms with Crippen molar-refractivity contribution in [1.82, 2.24) is 19.1 Å². The van der Waals surface area contributed by atoms with Gasteiger partial charge in [0, 0.05) is 35.9 Å². The molecular formula is C17H11N5O2. The molecule has 4 rings (SSSR count). The standard InChI is InChI=1S/C17H11N5O2/c18-8-14-13(10-21-7-2-1-5-15(14)21)11-22-16(20-24-17(22)23)12-4-3-6-19-9-12/h1-7,9-10H,11H2. The molecule has 0 saturated carbocycles. The highest BCUT2D eigenvalue weighted by molar-refractivity contribution is 5.65. The third-order valence-electron chi connectivity index (χ3n) is 3.81. The summed E-state index contributed by atoms with van der Waals surface area (Å²) in [7, 11) is 0. The fraction of sp³-hybridized carbons (Fsp3) is 0.0588. The summed E-state index contributed by atoms with van der Waals surface area (Å²) in [5.74, 6) is -0.194. The second-order valence-electron chi connectivity index (χ2n) is 5.23. The van der Waals surface area contributed by atoms with Crippen LogP contribution in [0, 0.1) is 11.3 Å². The molecular weight excluding hydrogens is 306 g/mol. The predicted octanol–water partition coefficient (Wildman–Crippen LogP) is 2.07. The van der Waals surface area contributed by atoms with Gasteiger partial charge in [-0.25, -0.2) is 4.79 Å². The summed E-state index contributed by atoms with van der Waals surface area (Å²) in [6.45, 7) is 0.192. The van der Waals surface area contributed by atoms with Crippen LogP contribution in [0.5, 0.6) is 0 Å². The fourth-order valence-electron chi connectivity index (χ4n) is 2.71. The Kier molecular flexibility index (Phi) is 3.21. The van der Waals surface area contributed by atoms with Crippen molar-refractivity contribution in [3.8, 4) is 17.5 Å². The fourth-order valence-corrected chi connectivity index (χ4v) is 2.71. The van der Waals surface area contributed by atoms with E-state index >= 15 is 0 Å². The Hall–Kier alpha value is -3.66. The van der Waals surface area contributed by atoms with Gasteiger partial charge in [-0.1, -0.05) is 11.2 Å². The van der Waals surface area contributed by atoms with Gasteiger partial charge in [0.1, 0.15) is 6.07 Å². The van der Waals surface area contributed by atoms with Gasteiger partial charge in [0.25, 0.3) is 0 Å². The third kappa shape index (κ3) is 2.18. The SMILES string of the molecule is N#Cc1c(Cn2c(-c3cccnc3)noc2=O)cn2ccccc12. The smallest absolute Gasteiger partial charge is 0.322 e. The normalized spacial score (nSPS) is 10.8. The molecule has 0 radical (unpaired) electrons. The number of nitrogens with zero attached hydrogens (tertiary/aromatic N) is 5. The number of fused-ring (bicyclic) bond motifs is 1. The number of rotatable bonds is 3. The van der Waals surface area contributed by atoms with E-state index in [1.165, 1.54) is 4.57 Å². The van der Waals surface area contributed by atoms with Crippen molar-refractivity contribution in [2.24, 2.45) is 0 Å². The van der Waals surface area contributed by atoms with E-state index in [2.05, 4.69) is 16.2 Å². The lowest BCUT2D eigenvalue weighted by atomic mass is 10.1. The van der Waals surface area contributed by atoms with Crippen LogP contribution in [0.4, 0.5) is 0 Å². The highest BCUT2D eigenvalue weighted by atomic mass is 16.5. The largest absolute Gasteiger partial charge is 0.442 e. The minimum absolute atomic E-state index is 0.192. The quantitative estimate of drug-likeness (QED) is 0.577. The summed E-state index contributed by atoms with van der Waals surface area (Å²) < 4.78 is 8.06. The Labute approximate surface area is 136 Å². The van der Waals surface area contributed by atoms with E-state index in [1.807, 2.05) is 35.0 Å². The lowest BCUT2D eigenvalue weighted by molar-refractivity contribution is 0.378. The Morgan fingerprint density at radius 3 is 2.96 bits per heavy atom. The van der Waals surface area contributed by atoms with Crippen molar-refractivity contribution in [2.75, 3.05) is 0 Å². The second-order valence-corrected chi connectivity index (χ2v) is 5.23. The maximum absolute atomic E-state index is 12.1. The number of aromatic nitrogens is 4. The summed E-state index contributed by atoms with van der Waals surface area (Å²) in [6.07, 6.45) is 6.94. The zero-order chi connectivity index (χ0) is 16.5. The zero-order valence-electron chi connectivity index (χ0n) is 12.5.